The van der Waals surface area contributed by atoms with Crippen LogP contribution in [0.5, 0.6) is 0 Å². The molecular weight excluding hydrogens is 334 g/mol. The van der Waals surface area contributed by atoms with E-state index in [0.29, 0.717) is 11.6 Å². The lowest BCUT2D eigenvalue weighted by atomic mass is 10.2. The molecule has 0 aliphatic heterocycles. The van der Waals surface area contributed by atoms with Gasteiger partial charge in [0, 0.05) is 23.1 Å². The van der Waals surface area contributed by atoms with Crippen molar-refractivity contribution < 1.29 is 4.42 Å². The maximum Gasteiger partial charge on any atom is 0.226 e. The molecule has 1 aromatic carbocycles. The third-order valence-corrected chi connectivity index (χ3v) is 4.85. The van der Waals surface area contributed by atoms with Crippen LogP contribution in [0.1, 0.15) is 23.0 Å². The Morgan fingerprint density at radius 2 is 1.84 bits per heavy atom. The van der Waals surface area contributed by atoms with Gasteiger partial charge in [-0.2, -0.15) is 0 Å². The van der Waals surface area contributed by atoms with Crippen molar-refractivity contribution in [3.8, 4) is 11.5 Å². The van der Waals surface area contributed by atoms with E-state index in [1.807, 2.05) is 61.6 Å². The Labute approximate surface area is 149 Å². The van der Waals surface area contributed by atoms with Crippen LogP contribution < -0.4 is 0 Å². The molecule has 6 nitrogen and oxygen atoms in total. The lowest BCUT2D eigenvalue weighted by molar-refractivity contribution is 0.540. The van der Waals surface area contributed by atoms with Gasteiger partial charge in [0.05, 0.1) is 5.69 Å². The van der Waals surface area contributed by atoms with E-state index in [1.165, 1.54) is 0 Å². The fourth-order valence-corrected chi connectivity index (χ4v) is 3.68. The zero-order valence-electron chi connectivity index (χ0n) is 14.2. The maximum absolute atomic E-state index is 5.82. The molecule has 4 rings (SSSR count). The van der Waals surface area contributed by atoms with Crippen molar-refractivity contribution in [3.05, 3.63) is 59.4 Å². The fraction of sp³-hybridized carbons (Fsp3) is 0.222. The molecule has 25 heavy (non-hydrogen) atoms. The van der Waals surface area contributed by atoms with Crippen molar-refractivity contribution in [2.75, 3.05) is 0 Å². The van der Waals surface area contributed by atoms with Crippen LogP contribution in [-0.4, -0.2) is 24.6 Å². The van der Waals surface area contributed by atoms with Gasteiger partial charge in [0.2, 0.25) is 5.89 Å². The van der Waals surface area contributed by atoms with Gasteiger partial charge in [0.25, 0.3) is 0 Å². The van der Waals surface area contributed by atoms with E-state index in [-0.39, 0.29) is 0 Å². The zero-order chi connectivity index (χ0) is 17.4. The van der Waals surface area contributed by atoms with Gasteiger partial charge >= 0.3 is 0 Å². The lowest BCUT2D eigenvalue weighted by Gasteiger charge is -2.03. The molecule has 0 amide bonds. The van der Waals surface area contributed by atoms with Gasteiger partial charge in [-0.1, -0.05) is 30.0 Å². The Bertz CT molecular complexity index is 1040. The van der Waals surface area contributed by atoms with Crippen LogP contribution in [0.4, 0.5) is 0 Å². The van der Waals surface area contributed by atoms with Crippen LogP contribution in [0.2, 0.25) is 0 Å². The monoisotopic (exact) mass is 351 g/mol. The molecule has 3 heterocycles. The summed E-state index contributed by atoms with van der Waals surface area (Å²) in [5.74, 6) is 3.01. The number of hydrogen-bond acceptors (Lipinski definition) is 6. The summed E-state index contributed by atoms with van der Waals surface area (Å²) in [5.41, 5.74) is 3.65. The van der Waals surface area contributed by atoms with Gasteiger partial charge in [0.15, 0.2) is 10.8 Å². The molecule has 0 saturated carbocycles. The average Bonchev–Trinajstić information content (AvgIpc) is 3.17. The van der Waals surface area contributed by atoms with Gasteiger partial charge in [-0.3, -0.25) is 4.40 Å². The first-order chi connectivity index (χ1) is 12.1. The molecule has 7 heteroatoms. The van der Waals surface area contributed by atoms with Crippen molar-refractivity contribution in [2.45, 2.75) is 31.7 Å². The summed E-state index contributed by atoms with van der Waals surface area (Å²) in [7, 11) is 0. The number of oxazole rings is 1. The second-order valence-corrected chi connectivity index (χ2v) is 6.74. The molecule has 0 fully saturated rings. The molecule has 126 valence electrons. The number of fused-ring (bicyclic) bond motifs is 1. The maximum atomic E-state index is 5.82. The highest BCUT2D eigenvalue weighted by Crippen LogP contribution is 2.27. The smallest absolute Gasteiger partial charge is 0.226 e. The summed E-state index contributed by atoms with van der Waals surface area (Å²) in [6, 6.07) is 11.8. The molecule has 0 aliphatic carbocycles. The number of thioether (sulfide) groups is 1. The van der Waals surface area contributed by atoms with Gasteiger partial charge in [-0.15, -0.1) is 10.2 Å². The molecule has 0 bridgehead atoms. The van der Waals surface area contributed by atoms with E-state index in [2.05, 4.69) is 20.2 Å². The summed E-state index contributed by atoms with van der Waals surface area (Å²) < 4.78 is 7.78. The largest absolute Gasteiger partial charge is 0.441 e. The predicted octanol–water partition coefficient (Wildman–Crippen LogP) is 4.00. The van der Waals surface area contributed by atoms with Crippen LogP contribution in [-0.2, 0) is 5.75 Å². The van der Waals surface area contributed by atoms with Crippen molar-refractivity contribution >= 4 is 17.4 Å². The second kappa shape index (κ2) is 6.33. The lowest BCUT2D eigenvalue weighted by Crippen LogP contribution is -1.99. The predicted molar refractivity (Wildman–Crippen MR) is 96.5 cm³/mol. The second-order valence-electron chi connectivity index (χ2n) is 5.80. The Hall–Kier alpha value is -2.67. The van der Waals surface area contributed by atoms with E-state index in [1.54, 1.807) is 11.8 Å². The number of rotatable bonds is 4. The van der Waals surface area contributed by atoms with Crippen molar-refractivity contribution in [1.29, 1.82) is 0 Å². The van der Waals surface area contributed by atoms with Gasteiger partial charge in [-0.25, -0.2) is 9.97 Å². The van der Waals surface area contributed by atoms with E-state index in [9.17, 15) is 0 Å². The Balaban J connectivity index is 1.59. The van der Waals surface area contributed by atoms with Crippen LogP contribution in [0.15, 0.2) is 46.0 Å². The molecule has 0 unspecified atom stereocenters. The molecule has 0 saturated heterocycles. The van der Waals surface area contributed by atoms with E-state index < -0.39 is 0 Å². The Morgan fingerprint density at radius 3 is 2.64 bits per heavy atom. The Morgan fingerprint density at radius 1 is 1.04 bits per heavy atom. The Kier molecular flexibility index (Phi) is 4.01. The summed E-state index contributed by atoms with van der Waals surface area (Å²) in [5, 5.41) is 9.33. The molecule has 0 radical (unpaired) electrons. The minimum absolute atomic E-state index is 0.647. The van der Waals surface area contributed by atoms with Crippen molar-refractivity contribution in [1.82, 2.24) is 24.6 Å². The molecule has 0 atom stereocenters. The molecule has 3 aromatic heterocycles. The highest BCUT2D eigenvalue weighted by molar-refractivity contribution is 7.98. The fourth-order valence-electron chi connectivity index (χ4n) is 2.70. The van der Waals surface area contributed by atoms with Crippen molar-refractivity contribution in [3.63, 3.8) is 0 Å². The van der Waals surface area contributed by atoms with E-state index >= 15 is 0 Å². The summed E-state index contributed by atoms with van der Waals surface area (Å²) in [6.45, 7) is 5.86. The van der Waals surface area contributed by atoms with Crippen LogP contribution in [0.25, 0.3) is 17.1 Å². The van der Waals surface area contributed by atoms with E-state index in [0.717, 1.165) is 39.3 Å². The normalized spacial score (nSPS) is 11.3. The quantitative estimate of drug-likeness (QED) is 0.518. The number of aryl methyl sites for hydroxylation is 3. The average molecular weight is 351 g/mol. The number of nitrogens with zero attached hydrogens (tertiary/aromatic N) is 5. The van der Waals surface area contributed by atoms with Crippen LogP contribution in [0.3, 0.4) is 0 Å². The third kappa shape index (κ3) is 3.02. The summed E-state index contributed by atoms with van der Waals surface area (Å²) in [6.07, 6.45) is 0. The SMILES string of the molecule is Cc1cc2nnc(SCc3nc(-c4ccccc4)oc3C)n2c(C)n1. The van der Waals surface area contributed by atoms with Gasteiger partial charge in [0.1, 0.15) is 11.6 Å². The summed E-state index contributed by atoms with van der Waals surface area (Å²) in [4.78, 5) is 9.12. The molecular formula is C18H17N5OS. The third-order valence-electron chi connectivity index (χ3n) is 3.91. The highest BCUT2D eigenvalue weighted by Gasteiger charge is 2.15. The minimum atomic E-state index is 0.647. The van der Waals surface area contributed by atoms with Gasteiger partial charge < -0.3 is 4.42 Å². The molecule has 0 spiro atoms. The molecule has 4 aromatic rings. The summed E-state index contributed by atoms with van der Waals surface area (Å²) >= 11 is 1.58. The van der Waals surface area contributed by atoms with E-state index in [4.69, 9.17) is 4.42 Å². The molecule has 0 aliphatic rings. The standard InChI is InChI=1S/C18H17N5OS/c1-11-9-16-21-22-18(23(16)13(3)19-11)25-10-15-12(2)24-17(20-15)14-7-5-4-6-8-14/h4-9H,10H2,1-3H3. The first-order valence-electron chi connectivity index (χ1n) is 7.96. The number of aromatic nitrogens is 5. The van der Waals surface area contributed by atoms with Crippen LogP contribution in [0, 0.1) is 20.8 Å². The number of hydrogen-bond donors (Lipinski definition) is 0. The van der Waals surface area contributed by atoms with Gasteiger partial charge in [-0.05, 0) is 32.9 Å². The first kappa shape index (κ1) is 15.8. The molecule has 0 N–H and O–H groups in total. The zero-order valence-corrected chi connectivity index (χ0v) is 15.0. The van der Waals surface area contributed by atoms with Crippen LogP contribution >= 0.6 is 11.8 Å². The first-order valence-corrected chi connectivity index (χ1v) is 8.94. The number of benzene rings is 1. The van der Waals surface area contributed by atoms with Crippen molar-refractivity contribution in [2.24, 2.45) is 0 Å². The highest BCUT2D eigenvalue weighted by atomic mass is 32.2. The minimum Gasteiger partial charge on any atom is -0.441 e. The topological polar surface area (TPSA) is 69.1 Å².